The third kappa shape index (κ3) is 3.02. The van der Waals surface area contributed by atoms with Crippen LogP contribution < -0.4 is 5.32 Å². The monoisotopic (exact) mass is 289 g/mol. The molecule has 1 heterocycles. The van der Waals surface area contributed by atoms with Crippen molar-refractivity contribution in [1.82, 2.24) is 5.32 Å². The second-order valence-electron chi connectivity index (χ2n) is 4.24. The van der Waals surface area contributed by atoms with Crippen molar-refractivity contribution in [2.75, 3.05) is 0 Å². The number of hydrogen-bond acceptors (Lipinski definition) is 3. The van der Waals surface area contributed by atoms with Gasteiger partial charge >= 0.3 is 11.9 Å². The zero-order chi connectivity index (χ0) is 13.3. The fourth-order valence-corrected chi connectivity index (χ4v) is 2.24. The highest BCUT2D eigenvalue weighted by Gasteiger charge is 2.42. The van der Waals surface area contributed by atoms with Crippen LogP contribution in [0.5, 0.6) is 0 Å². The molecular weight excluding hydrogens is 277 g/mol. The maximum atomic E-state index is 13.6. The molecule has 3 atom stereocenters. The summed E-state index contributed by atoms with van der Waals surface area (Å²) in [7, 11) is 0. The quantitative estimate of drug-likeness (QED) is 0.784. The summed E-state index contributed by atoms with van der Waals surface area (Å²) in [6, 6.07) is 4.00. The number of hydrogen-bond donors (Lipinski definition) is 3. The molecule has 0 aliphatic carbocycles. The minimum atomic E-state index is -1.13. The van der Waals surface area contributed by atoms with Crippen molar-refractivity contribution in [1.29, 1.82) is 0 Å². The molecule has 7 heteroatoms. The summed E-state index contributed by atoms with van der Waals surface area (Å²) >= 11 is 0. The number of carboxylic acid groups (broad SMARTS) is 2. The molecule has 0 saturated carbocycles. The predicted molar refractivity (Wildman–Crippen MR) is 66.7 cm³/mol. The van der Waals surface area contributed by atoms with E-state index in [0.29, 0.717) is 0 Å². The Morgan fingerprint density at radius 3 is 2.37 bits per heavy atom. The molecule has 1 fully saturated rings. The van der Waals surface area contributed by atoms with Crippen molar-refractivity contribution in [3.8, 4) is 0 Å². The standard InChI is InChI=1S/C12H12FNO4.ClH/c13-8-4-2-1-3-6(8)10-7(11(15)16)5-9(14-10)12(17)18;/h1-4,7,9-10,14H,5H2,(H,15,16)(H,17,18);1H. The van der Waals surface area contributed by atoms with E-state index in [2.05, 4.69) is 5.32 Å². The van der Waals surface area contributed by atoms with Gasteiger partial charge in [0.1, 0.15) is 11.9 Å². The highest BCUT2D eigenvalue weighted by molar-refractivity contribution is 5.85. The second-order valence-corrected chi connectivity index (χ2v) is 4.24. The van der Waals surface area contributed by atoms with Crippen LogP contribution in [0.25, 0.3) is 0 Å². The van der Waals surface area contributed by atoms with Gasteiger partial charge in [-0.05, 0) is 12.5 Å². The summed E-state index contributed by atoms with van der Waals surface area (Å²) in [5.74, 6) is -3.73. The molecule has 3 unspecified atom stereocenters. The lowest BCUT2D eigenvalue weighted by atomic mass is 9.93. The number of halogens is 2. The molecule has 104 valence electrons. The number of carbonyl (C=O) groups is 2. The molecule has 0 spiro atoms. The molecule has 3 N–H and O–H groups in total. The molecule has 5 nitrogen and oxygen atoms in total. The number of carboxylic acids is 2. The maximum absolute atomic E-state index is 13.6. The van der Waals surface area contributed by atoms with Gasteiger partial charge in [0, 0.05) is 11.6 Å². The molecule has 1 aromatic rings. The van der Waals surface area contributed by atoms with Gasteiger partial charge in [-0.2, -0.15) is 0 Å². The first-order chi connectivity index (χ1) is 8.50. The highest BCUT2D eigenvalue weighted by atomic mass is 35.5. The van der Waals surface area contributed by atoms with Crippen LogP contribution in [0.1, 0.15) is 18.0 Å². The topological polar surface area (TPSA) is 86.6 Å². The van der Waals surface area contributed by atoms with Crippen molar-refractivity contribution in [2.45, 2.75) is 18.5 Å². The zero-order valence-electron chi connectivity index (χ0n) is 9.75. The first-order valence-electron chi connectivity index (χ1n) is 5.46. The van der Waals surface area contributed by atoms with E-state index in [0.717, 1.165) is 0 Å². The molecule has 0 bridgehead atoms. The van der Waals surface area contributed by atoms with Gasteiger partial charge in [0.25, 0.3) is 0 Å². The Labute approximate surface area is 114 Å². The van der Waals surface area contributed by atoms with Gasteiger partial charge in [0.2, 0.25) is 0 Å². The largest absolute Gasteiger partial charge is 0.481 e. The molecule has 1 aliphatic heterocycles. The van der Waals surface area contributed by atoms with E-state index in [4.69, 9.17) is 10.2 Å². The fraction of sp³-hybridized carbons (Fsp3) is 0.333. The maximum Gasteiger partial charge on any atom is 0.320 e. The van der Waals surface area contributed by atoms with Crippen LogP contribution in [0.3, 0.4) is 0 Å². The lowest BCUT2D eigenvalue weighted by Gasteiger charge is -2.17. The zero-order valence-corrected chi connectivity index (χ0v) is 10.6. The highest BCUT2D eigenvalue weighted by Crippen LogP contribution is 2.34. The Kier molecular flexibility index (Phi) is 4.85. The van der Waals surface area contributed by atoms with Gasteiger partial charge in [-0.3, -0.25) is 14.9 Å². The van der Waals surface area contributed by atoms with Crippen LogP contribution >= 0.6 is 12.4 Å². The molecule has 0 aromatic heterocycles. The van der Waals surface area contributed by atoms with Gasteiger partial charge < -0.3 is 10.2 Å². The summed E-state index contributed by atoms with van der Waals surface area (Å²) in [5.41, 5.74) is 0.189. The average molecular weight is 290 g/mol. The van der Waals surface area contributed by atoms with E-state index in [1.165, 1.54) is 18.2 Å². The summed E-state index contributed by atoms with van der Waals surface area (Å²) in [5, 5.41) is 20.6. The predicted octanol–water partition coefficient (Wildman–Crippen LogP) is 1.44. The summed E-state index contributed by atoms with van der Waals surface area (Å²) in [6.45, 7) is 0. The van der Waals surface area contributed by atoms with Crippen molar-refractivity contribution >= 4 is 24.3 Å². The third-order valence-electron chi connectivity index (χ3n) is 3.13. The van der Waals surface area contributed by atoms with Crippen LogP contribution in [0, 0.1) is 11.7 Å². The Balaban J connectivity index is 0.00000180. The Hall–Kier alpha value is -1.66. The van der Waals surface area contributed by atoms with Crippen LogP contribution in [-0.2, 0) is 9.59 Å². The Morgan fingerprint density at radius 2 is 1.84 bits per heavy atom. The van der Waals surface area contributed by atoms with E-state index in [9.17, 15) is 14.0 Å². The fourth-order valence-electron chi connectivity index (χ4n) is 2.24. The minimum absolute atomic E-state index is 0. The van der Waals surface area contributed by atoms with Gasteiger partial charge in [-0.25, -0.2) is 4.39 Å². The molecule has 0 amide bonds. The first kappa shape index (κ1) is 15.4. The van der Waals surface area contributed by atoms with Gasteiger partial charge in [0.15, 0.2) is 0 Å². The van der Waals surface area contributed by atoms with Crippen molar-refractivity contribution in [2.24, 2.45) is 5.92 Å². The van der Waals surface area contributed by atoms with Gasteiger partial charge in [-0.1, -0.05) is 18.2 Å². The molecule has 1 aliphatic rings. The summed E-state index contributed by atoms with van der Waals surface area (Å²) in [4.78, 5) is 22.0. The Bertz CT molecular complexity index is 496. The third-order valence-corrected chi connectivity index (χ3v) is 3.13. The van der Waals surface area contributed by atoms with Crippen molar-refractivity contribution in [3.63, 3.8) is 0 Å². The lowest BCUT2D eigenvalue weighted by Crippen LogP contribution is -2.32. The van der Waals surface area contributed by atoms with E-state index in [1.54, 1.807) is 6.07 Å². The molecule has 19 heavy (non-hydrogen) atoms. The van der Waals surface area contributed by atoms with Gasteiger partial charge in [-0.15, -0.1) is 12.4 Å². The normalized spacial score (nSPS) is 25.6. The lowest BCUT2D eigenvalue weighted by molar-refractivity contribution is -0.142. The number of rotatable bonds is 3. The van der Waals surface area contributed by atoms with E-state index < -0.39 is 35.8 Å². The van der Waals surface area contributed by atoms with Crippen LogP contribution in [0.4, 0.5) is 4.39 Å². The smallest absolute Gasteiger partial charge is 0.320 e. The SMILES string of the molecule is Cl.O=C(O)C1CC(C(=O)O)C(c2ccccc2F)N1. The number of aliphatic carboxylic acids is 2. The summed E-state index contributed by atoms with van der Waals surface area (Å²) < 4.78 is 13.6. The molecule has 1 saturated heterocycles. The van der Waals surface area contributed by atoms with E-state index >= 15 is 0 Å². The van der Waals surface area contributed by atoms with Crippen molar-refractivity contribution < 1.29 is 24.2 Å². The summed E-state index contributed by atoms with van der Waals surface area (Å²) in [6.07, 6.45) is -0.0519. The van der Waals surface area contributed by atoms with Crippen LogP contribution in [-0.4, -0.2) is 28.2 Å². The van der Waals surface area contributed by atoms with E-state index in [-0.39, 0.29) is 24.4 Å². The average Bonchev–Trinajstić information content (AvgIpc) is 2.74. The second kappa shape index (κ2) is 5.99. The number of benzene rings is 1. The van der Waals surface area contributed by atoms with Gasteiger partial charge in [0.05, 0.1) is 5.92 Å². The van der Waals surface area contributed by atoms with Crippen LogP contribution in [0.15, 0.2) is 24.3 Å². The van der Waals surface area contributed by atoms with E-state index in [1.807, 2.05) is 0 Å². The van der Waals surface area contributed by atoms with Crippen molar-refractivity contribution in [3.05, 3.63) is 35.6 Å². The van der Waals surface area contributed by atoms with Crippen LogP contribution in [0.2, 0.25) is 0 Å². The molecule has 1 aromatic carbocycles. The molecule has 2 rings (SSSR count). The molecular formula is C12H13ClFNO4. The Morgan fingerprint density at radius 1 is 1.21 bits per heavy atom. The first-order valence-corrected chi connectivity index (χ1v) is 5.46. The number of nitrogens with one attached hydrogen (secondary N) is 1. The molecule has 0 radical (unpaired) electrons. The minimum Gasteiger partial charge on any atom is -0.481 e.